The lowest BCUT2D eigenvalue weighted by molar-refractivity contribution is 0.219. The number of halogens is 1. The fraction of sp³-hybridized carbons (Fsp3) is 0.409. The third kappa shape index (κ3) is 2.74. The van der Waals surface area contributed by atoms with Gasteiger partial charge in [0.25, 0.3) is 0 Å². The van der Waals surface area contributed by atoms with E-state index in [0.717, 1.165) is 19.5 Å². The van der Waals surface area contributed by atoms with Crippen molar-refractivity contribution in [2.75, 3.05) is 13.1 Å². The second kappa shape index (κ2) is 6.40. The number of fused-ring (bicyclic) bond motifs is 3. The van der Waals surface area contributed by atoms with Gasteiger partial charge >= 0.3 is 0 Å². The highest BCUT2D eigenvalue weighted by molar-refractivity contribution is 6.29. The fourth-order valence-electron chi connectivity index (χ4n) is 4.81. The first-order chi connectivity index (χ1) is 12.7. The van der Waals surface area contributed by atoms with Crippen molar-refractivity contribution in [1.29, 1.82) is 0 Å². The zero-order valence-electron chi connectivity index (χ0n) is 15.2. The molecule has 3 aliphatic rings. The lowest BCUT2D eigenvalue weighted by atomic mass is 9.94. The summed E-state index contributed by atoms with van der Waals surface area (Å²) in [5, 5.41) is 2.03. The largest absolute Gasteiger partial charge is 0.344 e. The Bertz CT molecular complexity index is 950. The quantitative estimate of drug-likeness (QED) is 0.613. The molecule has 3 aliphatic heterocycles. The maximum atomic E-state index is 5.94. The summed E-state index contributed by atoms with van der Waals surface area (Å²) in [6.07, 6.45) is 5.49. The van der Waals surface area contributed by atoms with Gasteiger partial charge in [-0.15, -0.1) is 0 Å². The summed E-state index contributed by atoms with van der Waals surface area (Å²) in [5.74, 6) is 0.708. The summed E-state index contributed by atoms with van der Waals surface area (Å²) in [5.41, 5.74) is 7.19. The molecule has 0 saturated carbocycles. The predicted molar refractivity (Wildman–Crippen MR) is 107 cm³/mol. The van der Waals surface area contributed by atoms with Crippen molar-refractivity contribution in [2.24, 2.45) is 0 Å². The number of aryl methyl sites for hydroxylation is 3. The maximum absolute atomic E-state index is 5.94. The van der Waals surface area contributed by atoms with Gasteiger partial charge < -0.3 is 4.57 Å². The third-order valence-corrected chi connectivity index (χ3v) is 6.36. The smallest absolute Gasteiger partial charge is 0.129 e. The first-order valence-electron chi connectivity index (χ1n) is 9.63. The molecule has 26 heavy (non-hydrogen) atoms. The molecule has 0 atom stereocenters. The molecule has 1 saturated heterocycles. The van der Waals surface area contributed by atoms with E-state index in [9.17, 15) is 0 Å². The minimum absolute atomic E-state index is 0.565. The number of hydrogen-bond acceptors (Lipinski definition) is 2. The Balaban J connectivity index is 1.59. The Morgan fingerprint density at radius 3 is 2.77 bits per heavy atom. The van der Waals surface area contributed by atoms with Gasteiger partial charge in [-0.1, -0.05) is 29.3 Å². The summed E-state index contributed by atoms with van der Waals surface area (Å²) in [7, 11) is 0. The van der Waals surface area contributed by atoms with Crippen LogP contribution in [0.25, 0.3) is 10.9 Å². The number of benzene rings is 1. The van der Waals surface area contributed by atoms with Crippen molar-refractivity contribution in [2.45, 2.75) is 45.2 Å². The highest BCUT2D eigenvalue weighted by Gasteiger charge is 2.32. The Hall–Kier alpha value is -1.84. The van der Waals surface area contributed by atoms with Gasteiger partial charge in [-0.25, -0.2) is 4.98 Å². The lowest BCUT2D eigenvalue weighted by Crippen LogP contribution is -2.29. The average molecular weight is 366 g/mol. The van der Waals surface area contributed by atoms with Crippen molar-refractivity contribution in [1.82, 2.24) is 14.5 Å². The van der Waals surface area contributed by atoms with E-state index in [0.29, 0.717) is 11.1 Å². The second-order valence-electron chi connectivity index (χ2n) is 7.83. The Morgan fingerprint density at radius 2 is 2.00 bits per heavy atom. The van der Waals surface area contributed by atoms with E-state index < -0.39 is 0 Å². The molecule has 0 spiro atoms. The number of pyridine rings is 1. The average Bonchev–Trinajstić information content (AvgIpc) is 2.78. The number of aromatic nitrogens is 2. The van der Waals surface area contributed by atoms with Gasteiger partial charge in [-0.3, -0.25) is 4.90 Å². The SMILES string of the molecule is Cc1ccc2c(c1)c1c(n2CCc2ccc(Cl)nc2)C2CCN(CC2)C1. The summed E-state index contributed by atoms with van der Waals surface area (Å²) in [6.45, 7) is 6.81. The number of rotatable bonds is 3. The number of nitrogens with zero attached hydrogens (tertiary/aromatic N) is 3. The van der Waals surface area contributed by atoms with Gasteiger partial charge in [0.05, 0.1) is 0 Å². The van der Waals surface area contributed by atoms with E-state index in [1.807, 2.05) is 12.3 Å². The van der Waals surface area contributed by atoms with Crippen LogP contribution in [0.5, 0.6) is 0 Å². The van der Waals surface area contributed by atoms with Crippen LogP contribution >= 0.6 is 11.6 Å². The molecule has 5 heterocycles. The minimum Gasteiger partial charge on any atom is -0.344 e. The standard InChI is InChI=1S/C22H24ClN3/c1-15-2-4-20-18(12-15)19-14-25-9-7-17(8-10-25)22(19)26(20)11-6-16-3-5-21(23)24-13-16/h2-5,12-13,17H,6-11,14H2,1H3. The zero-order valence-corrected chi connectivity index (χ0v) is 16.0. The van der Waals surface area contributed by atoms with E-state index in [2.05, 4.69) is 45.6 Å². The molecular weight excluding hydrogens is 342 g/mol. The molecule has 3 nitrogen and oxygen atoms in total. The van der Waals surface area contributed by atoms with Gasteiger partial charge in [0.15, 0.2) is 0 Å². The van der Waals surface area contributed by atoms with Crippen LogP contribution in [-0.2, 0) is 19.5 Å². The van der Waals surface area contributed by atoms with Crippen molar-refractivity contribution in [3.8, 4) is 0 Å². The first kappa shape index (κ1) is 16.3. The summed E-state index contributed by atoms with van der Waals surface area (Å²) >= 11 is 5.94. The summed E-state index contributed by atoms with van der Waals surface area (Å²) in [4.78, 5) is 6.88. The maximum Gasteiger partial charge on any atom is 0.129 e. The van der Waals surface area contributed by atoms with E-state index in [-0.39, 0.29) is 0 Å². The Labute approximate surface area is 159 Å². The first-order valence-corrected chi connectivity index (χ1v) is 10.0. The van der Waals surface area contributed by atoms with Crippen molar-refractivity contribution in [3.05, 3.63) is 64.1 Å². The second-order valence-corrected chi connectivity index (χ2v) is 8.21. The van der Waals surface area contributed by atoms with Gasteiger partial charge in [0, 0.05) is 41.8 Å². The van der Waals surface area contributed by atoms with Crippen molar-refractivity contribution >= 4 is 22.5 Å². The van der Waals surface area contributed by atoms with Crippen LogP contribution in [0.3, 0.4) is 0 Å². The van der Waals surface area contributed by atoms with Crippen LogP contribution in [0.2, 0.25) is 5.15 Å². The minimum atomic E-state index is 0.565. The van der Waals surface area contributed by atoms with Gasteiger partial charge in [0.1, 0.15) is 5.15 Å². The van der Waals surface area contributed by atoms with Crippen molar-refractivity contribution < 1.29 is 0 Å². The van der Waals surface area contributed by atoms with Gasteiger partial charge in [-0.05, 0) is 68.6 Å². The summed E-state index contributed by atoms with van der Waals surface area (Å²) in [6, 6.07) is 11.0. The summed E-state index contributed by atoms with van der Waals surface area (Å²) < 4.78 is 2.61. The van der Waals surface area contributed by atoms with Crippen LogP contribution in [0.1, 0.15) is 41.1 Å². The molecule has 1 aromatic carbocycles. The van der Waals surface area contributed by atoms with Crippen LogP contribution in [0, 0.1) is 6.92 Å². The molecule has 1 fully saturated rings. The van der Waals surface area contributed by atoms with E-state index in [1.165, 1.54) is 48.0 Å². The molecule has 3 aromatic rings. The van der Waals surface area contributed by atoms with E-state index in [4.69, 9.17) is 11.6 Å². The van der Waals surface area contributed by atoms with Crippen LogP contribution in [-0.4, -0.2) is 27.5 Å². The molecule has 4 heteroatoms. The van der Waals surface area contributed by atoms with Crippen LogP contribution in [0.4, 0.5) is 0 Å². The highest BCUT2D eigenvalue weighted by Crippen LogP contribution is 2.41. The molecular formula is C22H24ClN3. The molecule has 0 amide bonds. The van der Waals surface area contributed by atoms with Crippen LogP contribution < -0.4 is 0 Å². The number of hydrogen-bond donors (Lipinski definition) is 0. The Kier molecular flexibility index (Phi) is 4.02. The van der Waals surface area contributed by atoms with E-state index in [1.54, 1.807) is 11.3 Å². The van der Waals surface area contributed by atoms with Gasteiger partial charge in [-0.2, -0.15) is 0 Å². The lowest BCUT2D eigenvalue weighted by Gasteiger charge is -2.27. The molecule has 0 aliphatic carbocycles. The third-order valence-electron chi connectivity index (χ3n) is 6.14. The molecule has 0 radical (unpaired) electrons. The zero-order chi connectivity index (χ0) is 17.7. The normalized spacial score (nSPS) is 21.8. The van der Waals surface area contributed by atoms with E-state index >= 15 is 0 Å². The predicted octanol–water partition coefficient (Wildman–Crippen LogP) is 4.93. The van der Waals surface area contributed by atoms with Gasteiger partial charge in [0.2, 0.25) is 0 Å². The monoisotopic (exact) mass is 365 g/mol. The van der Waals surface area contributed by atoms with Crippen molar-refractivity contribution in [3.63, 3.8) is 0 Å². The fourth-order valence-corrected chi connectivity index (χ4v) is 4.93. The molecule has 2 aromatic heterocycles. The molecule has 134 valence electrons. The molecule has 0 unspecified atom stereocenters. The molecule has 6 rings (SSSR count). The van der Waals surface area contributed by atoms with Crippen LogP contribution in [0.15, 0.2) is 36.5 Å². The molecule has 2 bridgehead atoms. The topological polar surface area (TPSA) is 21.1 Å². The Morgan fingerprint density at radius 1 is 1.15 bits per heavy atom. The number of piperidine rings is 1. The molecule has 0 N–H and O–H groups in total. The highest BCUT2D eigenvalue weighted by atomic mass is 35.5.